The maximum absolute atomic E-state index is 9.09. The van der Waals surface area contributed by atoms with Crippen molar-refractivity contribution in [2.45, 2.75) is 39.7 Å². The number of hydroxylamine groups is 2. The zero-order valence-corrected chi connectivity index (χ0v) is 6.59. The van der Waals surface area contributed by atoms with E-state index in [-0.39, 0.29) is 6.04 Å². The predicted molar refractivity (Wildman–Crippen MR) is 38.5 cm³/mol. The number of unbranched alkanes of at least 4 members (excludes halogenated alkanes) is 1. The minimum atomic E-state index is 0.261. The first-order valence-electron chi connectivity index (χ1n) is 3.64. The van der Waals surface area contributed by atoms with Crippen LogP contribution in [0.2, 0.25) is 0 Å². The fraction of sp³-hybridized carbons (Fsp3) is 1.00. The molecule has 0 aromatic heterocycles. The van der Waals surface area contributed by atoms with Crippen LogP contribution in [0.25, 0.3) is 0 Å². The highest BCUT2D eigenvalue weighted by molar-refractivity contribution is 4.49. The molecule has 0 aromatic carbocycles. The average Bonchev–Trinajstić information content (AvgIpc) is 1.82. The summed E-state index contributed by atoms with van der Waals surface area (Å²) in [6, 6.07) is 0.261. The molecule has 0 amide bonds. The van der Waals surface area contributed by atoms with Crippen molar-refractivity contribution >= 4 is 0 Å². The third-order valence-electron chi connectivity index (χ3n) is 1.34. The van der Waals surface area contributed by atoms with E-state index in [1.54, 1.807) is 0 Å². The van der Waals surface area contributed by atoms with Gasteiger partial charge in [-0.3, -0.25) is 0 Å². The van der Waals surface area contributed by atoms with Gasteiger partial charge in [-0.2, -0.15) is 5.06 Å². The Hall–Kier alpha value is -0.0800. The summed E-state index contributed by atoms with van der Waals surface area (Å²) in [5.74, 6) is 0. The standard InChI is InChI=1S/C7H17NO/c1-4-5-6-8(9)7(2)3/h7,9H,4-6H2,1-3H3. The van der Waals surface area contributed by atoms with Crippen molar-refractivity contribution in [3.8, 4) is 0 Å². The summed E-state index contributed by atoms with van der Waals surface area (Å²) >= 11 is 0. The Morgan fingerprint density at radius 2 is 2.00 bits per heavy atom. The molecule has 0 unspecified atom stereocenters. The molecular formula is C7H17NO. The van der Waals surface area contributed by atoms with E-state index in [2.05, 4.69) is 6.92 Å². The van der Waals surface area contributed by atoms with Crippen LogP contribution in [0, 0.1) is 0 Å². The Labute approximate surface area is 57.4 Å². The lowest BCUT2D eigenvalue weighted by Crippen LogP contribution is -2.27. The van der Waals surface area contributed by atoms with Crippen LogP contribution >= 0.6 is 0 Å². The maximum Gasteiger partial charge on any atom is 0.0293 e. The molecule has 0 aliphatic rings. The van der Waals surface area contributed by atoms with Gasteiger partial charge in [0.1, 0.15) is 0 Å². The molecule has 0 bridgehead atoms. The molecule has 2 heteroatoms. The first-order chi connectivity index (χ1) is 4.18. The second kappa shape index (κ2) is 4.77. The van der Waals surface area contributed by atoms with Crippen LogP contribution in [0.5, 0.6) is 0 Å². The van der Waals surface area contributed by atoms with E-state index in [1.165, 1.54) is 5.06 Å². The SMILES string of the molecule is CCCCN(O)C(C)C. The van der Waals surface area contributed by atoms with Crippen LogP contribution < -0.4 is 0 Å². The summed E-state index contributed by atoms with van der Waals surface area (Å²) in [6.45, 7) is 6.88. The molecule has 0 spiro atoms. The summed E-state index contributed by atoms with van der Waals surface area (Å²) in [5.41, 5.74) is 0. The Kier molecular flexibility index (Phi) is 4.72. The van der Waals surface area contributed by atoms with Gasteiger partial charge in [-0.15, -0.1) is 0 Å². The van der Waals surface area contributed by atoms with Crippen LogP contribution in [0.4, 0.5) is 0 Å². The van der Waals surface area contributed by atoms with E-state index in [0.717, 1.165) is 19.4 Å². The summed E-state index contributed by atoms with van der Waals surface area (Å²) in [7, 11) is 0. The molecule has 0 aliphatic carbocycles. The van der Waals surface area contributed by atoms with Crippen molar-refractivity contribution in [1.82, 2.24) is 5.06 Å². The lowest BCUT2D eigenvalue weighted by Gasteiger charge is -2.17. The quantitative estimate of drug-likeness (QED) is 0.589. The monoisotopic (exact) mass is 131 g/mol. The maximum atomic E-state index is 9.09. The van der Waals surface area contributed by atoms with Gasteiger partial charge in [0.15, 0.2) is 0 Å². The minimum Gasteiger partial charge on any atom is -0.314 e. The highest BCUT2D eigenvalue weighted by Gasteiger charge is 2.02. The van der Waals surface area contributed by atoms with E-state index >= 15 is 0 Å². The van der Waals surface area contributed by atoms with Gasteiger partial charge in [0, 0.05) is 12.6 Å². The third kappa shape index (κ3) is 4.43. The van der Waals surface area contributed by atoms with Crippen molar-refractivity contribution in [2.24, 2.45) is 0 Å². The van der Waals surface area contributed by atoms with E-state index in [0.29, 0.717) is 0 Å². The van der Waals surface area contributed by atoms with Crippen molar-refractivity contribution in [3.63, 3.8) is 0 Å². The Morgan fingerprint density at radius 3 is 2.33 bits per heavy atom. The van der Waals surface area contributed by atoms with E-state index in [9.17, 15) is 0 Å². The second-order valence-electron chi connectivity index (χ2n) is 2.61. The third-order valence-corrected chi connectivity index (χ3v) is 1.34. The molecule has 9 heavy (non-hydrogen) atoms. The molecule has 0 fully saturated rings. The van der Waals surface area contributed by atoms with Crippen molar-refractivity contribution in [2.75, 3.05) is 6.54 Å². The van der Waals surface area contributed by atoms with E-state index in [1.807, 2.05) is 13.8 Å². The normalized spacial score (nSPS) is 11.3. The first-order valence-corrected chi connectivity index (χ1v) is 3.64. The highest BCUT2D eigenvalue weighted by Crippen LogP contribution is 1.95. The van der Waals surface area contributed by atoms with Gasteiger partial charge in [-0.1, -0.05) is 13.3 Å². The molecular weight excluding hydrogens is 114 g/mol. The van der Waals surface area contributed by atoms with E-state index < -0.39 is 0 Å². The molecule has 0 radical (unpaired) electrons. The summed E-state index contributed by atoms with van der Waals surface area (Å²) in [6.07, 6.45) is 2.22. The van der Waals surface area contributed by atoms with Gasteiger partial charge in [0.05, 0.1) is 0 Å². The van der Waals surface area contributed by atoms with Gasteiger partial charge >= 0.3 is 0 Å². The molecule has 56 valence electrons. The highest BCUT2D eigenvalue weighted by atomic mass is 16.5. The molecule has 2 nitrogen and oxygen atoms in total. The largest absolute Gasteiger partial charge is 0.314 e. The van der Waals surface area contributed by atoms with Crippen LogP contribution in [0.15, 0.2) is 0 Å². The average molecular weight is 131 g/mol. The van der Waals surface area contributed by atoms with Gasteiger partial charge in [-0.25, -0.2) is 0 Å². The lowest BCUT2D eigenvalue weighted by atomic mass is 10.3. The fourth-order valence-corrected chi connectivity index (χ4v) is 0.578. The molecule has 0 saturated carbocycles. The van der Waals surface area contributed by atoms with Crippen molar-refractivity contribution in [1.29, 1.82) is 0 Å². The van der Waals surface area contributed by atoms with Gasteiger partial charge < -0.3 is 5.21 Å². The van der Waals surface area contributed by atoms with E-state index in [4.69, 9.17) is 5.21 Å². The van der Waals surface area contributed by atoms with Gasteiger partial charge in [-0.05, 0) is 20.3 Å². The van der Waals surface area contributed by atoms with Crippen LogP contribution in [0.3, 0.4) is 0 Å². The minimum absolute atomic E-state index is 0.261. The first kappa shape index (κ1) is 8.92. The second-order valence-corrected chi connectivity index (χ2v) is 2.61. The number of hydrogen-bond donors (Lipinski definition) is 1. The number of nitrogens with zero attached hydrogens (tertiary/aromatic N) is 1. The molecule has 0 aromatic rings. The molecule has 0 rings (SSSR count). The number of hydrogen-bond acceptors (Lipinski definition) is 2. The summed E-state index contributed by atoms with van der Waals surface area (Å²) < 4.78 is 0. The molecule has 0 heterocycles. The zero-order valence-electron chi connectivity index (χ0n) is 6.59. The van der Waals surface area contributed by atoms with Gasteiger partial charge in [0.2, 0.25) is 0 Å². The lowest BCUT2D eigenvalue weighted by molar-refractivity contribution is -0.117. The van der Waals surface area contributed by atoms with Crippen LogP contribution in [0.1, 0.15) is 33.6 Å². The Morgan fingerprint density at radius 1 is 1.44 bits per heavy atom. The number of rotatable bonds is 4. The Balaban J connectivity index is 3.16. The molecule has 0 atom stereocenters. The van der Waals surface area contributed by atoms with Crippen LogP contribution in [-0.2, 0) is 0 Å². The zero-order chi connectivity index (χ0) is 7.28. The smallest absolute Gasteiger partial charge is 0.0293 e. The van der Waals surface area contributed by atoms with Gasteiger partial charge in [0.25, 0.3) is 0 Å². The molecule has 1 N–H and O–H groups in total. The topological polar surface area (TPSA) is 23.5 Å². The summed E-state index contributed by atoms with van der Waals surface area (Å²) in [4.78, 5) is 0. The predicted octanol–water partition coefficient (Wildman–Crippen LogP) is 1.89. The molecule has 0 saturated heterocycles. The van der Waals surface area contributed by atoms with Crippen LogP contribution in [-0.4, -0.2) is 22.9 Å². The Bertz CT molecular complexity index is 63.9. The molecule has 0 aliphatic heterocycles. The van der Waals surface area contributed by atoms with Crippen molar-refractivity contribution in [3.05, 3.63) is 0 Å². The summed E-state index contributed by atoms with van der Waals surface area (Å²) in [5, 5.41) is 10.5. The fourth-order valence-electron chi connectivity index (χ4n) is 0.578. The van der Waals surface area contributed by atoms with Crippen molar-refractivity contribution < 1.29 is 5.21 Å².